The van der Waals surface area contributed by atoms with Gasteiger partial charge in [-0.1, -0.05) is 72.8 Å². The molecule has 4 rings (SSSR count). The molecule has 0 fully saturated rings. The van der Waals surface area contributed by atoms with Crippen LogP contribution in [0.1, 0.15) is 0 Å². The van der Waals surface area contributed by atoms with E-state index in [-0.39, 0.29) is 18.0 Å². The van der Waals surface area contributed by atoms with Crippen LogP contribution < -0.4 is 10.9 Å². The molecule has 1 amide bonds. The van der Waals surface area contributed by atoms with Crippen LogP contribution in [0.3, 0.4) is 0 Å². The van der Waals surface area contributed by atoms with E-state index in [0.29, 0.717) is 11.4 Å². The minimum absolute atomic E-state index is 0.153. The zero-order valence-electron chi connectivity index (χ0n) is 15.7. The third-order valence-electron chi connectivity index (χ3n) is 4.51. The molecule has 0 unspecified atom stereocenters. The molecule has 5 heteroatoms. The van der Waals surface area contributed by atoms with Crippen molar-refractivity contribution in [3.63, 3.8) is 0 Å². The van der Waals surface area contributed by atoms with Crippen LogP contribution in [-0.2, 0) is 11.3 Å². The molecular weight excluding hydrogens is 362 g/mol. The smallest absolute Gasteiger partial charge is 0.267 e. The Hall–Kier alpha value is -3.99. The Kier molecular flexibility index (Phi) is 5.29. The van der Waals surface area contributed by atoms with Crippen LogP contribution in [0.4, 0.5) is 5.69 Å². The van der Waals surface area contributed by atoms with Crippen LogP contribution in [0.25, 0.3) is 22.4 Å². The molecule has 0 saturated heterocycles. The number of nitrogens with one attached hydrogen (secondary N) is 1. The molecule has 0 atom stereocenters. The van der Waals surface area contributed by atoms with Gasteiger partial charge in [0.15, 0.2) is 0 Å². The van der Waals surface area contributed by atoms with Crippen molar-refractivity contribution >= 4 is 11.6 Å². The van der Waals surface area contributed by atoms with E-state index in [1.807, 2.05) is 84.9 Å². The summed E-state index contributed by atoms with van der Waals surface area (Å²) in [5.41, 5.74) is 4.06. The summed E-state index contributed by atoms with van der Waals surface area (Å²) in [5.74, 6) is -0.308. The average Bonchev–Trinajstić information content (AvgIpc) is 2.77. The molecular formula is C24H19N3O2. The number of anilines is 1. The third-order valence-corrected chi connectivity index (χ3v) is 4.51. The second kappa shape index (κ2) is 8.35. The average molecular weight is 381 g/mol. The highest BCUT2D eigenvalue weighted by molar-refractivity contribution is 5.90. The van der Waals surface area contributed by atoms with Crippen molar-refractivity contribution in [2.75, 3.05) is 5.32 Å². The van der Waals surface area contributed by atoms with Gasteiger partial charge in [0.1, 0.15) is 6.54 Å². The van der Waals surface area contributed by atoms with Crippen molar-refractivity contribution in [3.05, 3.63) is 107 Å². The summed E-state index contributed by atoms with van der Waals surface area (Å²) >= 11 is 0. The van der Waals surface area contributed by atoms with Crippen molar-refractivity contribution in [1.82, 2.24) is 9.78 Å². The summed E-state index contributed by atoms with van der Waals surface area (Å²) in [6.45, 7) is -0.153. The lowest BCUT2D eigenvalue weighted by Gasteiger charge is -2.09. The molecule has 1 aromatic heterocycles. The first-order valence-electron chi connectivity index (χ1n) is 9.28. The van der Waals surface area contributed by atoms with Crippen LogP contribution in [-0.4, -0.2) is 15.7 Å². The molecule has 0 radical (unpaired) electrons. The number of carbonyl (C=O) groups excluding carboxylic acids is 1. The van der Waals surface area contributed by atoms with E-state index in [1.165, 1.54) is 10.7 Å². The maximum absolute atomic E-state index is 12.4. The summed E-state index contributed by atoms with van der Waals surface area (Å²) in [7, 11) is 0. The Morgan fingerprint density at radius 3 is 1.97 bits per heavy atom. The molecule has 1 N–H and O–H groups in total. The van der Waals surface area contributed by atoms with E-state index in [1.54, 1.807) is 6.07 Å². The summed E-state index contributed by atoms with van der Waals surface area (Å²) in [6, 6.07) is 30.2. The summed E-state index contributed by atoms with van der Waals surface area (Å²) < 4.78 is 1.18. The number of hydrogen-bond acceptors (Lipinski definition) is 3. The summed E-state index contributed by atoms with van der Waals surface area (Å²) in [4.78, 5) is 24.5. The second-order valence-electron chi connectivity index (χ2n) is 6.57. The molecule has 0 aliphatic carbocycles. The molecule has 0 bridgehead atoms. The van der Waals surface area contributed by atoms with E-state index in [0.717, 1.165) is 16.7 Å². The molecule has 4 aromatic rings. The Balaban J connectivity index is 1.47. The highest BCUT2D eigenvalue weighted by Gasteiger charge is 2.09. The van der Waals surface area contributed by atoms with Crippen molar-refractivity contribution in [3.8, 4) is 22.4 Å². The first-order valence-corrected chi connectivity index (χ1v) is 9.28. The monoisotopic (exact) mass is 381 g/mol. The van der Waals surface area contributed by atoms with Gasteiger partial charge in [-0.25, -0.2) is 4.68 Å². The fourth-order valence-electron chi connectivity index (χ4n) is 3.04. The van der Waals surface area contributed by atoms with E-state index in [2.05, 4.69) is 10.4 Å². The van der Waals surface area contributed by atoms with Crippen molar-refractivity contribution < 1.29 is 4.79 Å². The lowest BCUT2D eigenvalue weighted by atomic mass is 10.1. The number of rotatable bonds is 5. The standard InChI is InChI=1S/C24H19N3O2/c28-23(25-21-13-11-19(12-14-21)18-7-3-1-4-8-18)17-27-24(29)16-15-22(26-27)20-9-5-2-6-10-20/h1-16H,17H2,(H,25,28). The molecule has 1 heterocycles. The predicted octanol–water partition coefficient (Wildman–Crippen LogP) is 4.22. The largest absolute Gasteiger partial charge is 0.324 e. The van der Waals surface area contributed by atoms with E-state index in [9.17, 15) is 9.59 Å². The van der Waals surface area contributed by atoms with Gasteiger partial charge in [-0.15, -0.1) is 0 Å². The SMILES string of the molecule is O=C(Cn1nc(-c2ccccc2)ccc1=O)Nc1ccc(-c2ccccc2)cc1. The number of carbonyl (C=O) groups is 1. The fraction of sp³-hybridized carbons (Fsp3) is 0.0417. The van der Waals surface area contributed by atoms with Crippen LogP contribution in [0.15, 0.2) is 102 Å². The minimum atomic E-state index is -0.320. The number of hydrogen-bond donors (Lipinski definition) is 1. The number of aromatic nitrogens is 2. The molecule has 0 spiro atoms. The number of amides is 1. The van der Waals surface area contributed by atoms with Crippen LogP contribution >= 0.6 is 0 Å². The van der Waals surface area contributed by atoms with Gasteiger partial charge >= 0.3 is 0 Å². The first kappa shape index (κ1) is 18.4. The van der Waals surface area contributed by atoms with Gasteiger partial charge in [0.25, 0.3) is 5.56 Å². The Morgan fingerprint density at radius 1 is 0.724 bits per heavy atom. The van der Waals surface area contributed by atoms with Gasteiger partial charge in [0.05, 0.1) is 5.69 Å². The second-order valence-corrected chi connectivity index (χ2v) is 6.57. The molecule has 0 aliphatic rings. The van der Waals surface area contributed by atoms with Gasteiger partial charge in [0, 0.05) is 17.3 Å². The van der Waals surface area contributed by atoms with E-state index >= 15 is 0 Å². The zero-order chi connectivity index (χ0) is 20.1. The van der Waals surface area contributed by atoms with Crippen molar-refractivity contribution in [2.24, 2.45) is 0 Å². The molecule has 29 heavy (non-hydrogen) atoms. The molecule has 3 aromatic carbocycles. The maximum atomic E-state index is 12.4. The van der Waals surface area contributed by atoms with Gasteiger partial charge < -0.3 is 5.32 Å². The maximum Gasteiger partial charge on any atom is 0.267 e. The third kappa shape index (κ3) is 4.47. The normalized spacial score (nSPS) is 10.5. The van der Waals surface area contributed by atoms with Crippen molar-refractivity contribution in [2.45, 2.75) is 6.54 Å². The summed E-state index contributed by atoms with van der Waals surface area (Å²) in [6.07, 6.45) is 0. The lowest BCUT2D eigenvalue weighted by molar-refractivity contribution is -0.117. The van der Waals surface area contributed by atoms with Gasteiger partial charge in [-0.2, -0.15) is 5.10 Å². The van der Waals surface area contributed by atoms with Crippen LogP contribution in [0, 0.1) is 0 Å². The van der Waals surface area contributed by atoms with Gasteiger partial charge in [-0.05, 0) is 29.3 Å². The van der Waals surface area contributed by atoms with Crippen LogP contribution in [0.5, 0.6) is 0 Å². The quantitative estimate of drug-likeness (QED) is 0.563. The molecule has 142 valence electrons. The van der Waals surface area contributed by atoms with E-state index < -0.39 is 0 Å². The zero-order valence-corrected chi connectivity index (χ0v) is 15.7. The Bertz CT molecular complexity index is 1170. The predicted molar refractivity (Wildman–Crippen MR) is 114 cm³/mol. The number of benzene rings is 3. The molecule has 0 saturated carbocycles. The van der Waals surface area contributed by atoms with Gasteiger partial charge in [-0.3, -0.25) is 9.59 Å². The van der Waals surface area contributed by atoms with Gasteiger partial charge in [0.2, 0.25) is 5.91 Å². The fourth-order valence-corrected chi connectivity index (χ4v) is 3.04. The van der Waals surface area contributed by atoms with Crippen LogP contribution in [0.2, 0.25) is 0 Å². The Labute approximate surface area is 168 Å². The lowest BCUT2D eigenvalue weighted by Crippen LogP contribution is -2.29. The highest BCUT2D eigenvalue weighted by atomic mass is 16.2. The molecule has 0 aliphatic heterocycles. The summed E-state index contributed by atoms with van der Waals surface area (Å²) in [5, 5.41) is 7.14. The Morgan fingerprint density at radius 2 is 1.31 bits per heavy atom. The number of nitrogens with zero attached hydrogens (tertiary/aromatic N) is 2. The molecule has 5 nitrogen and oxygen atoms in total. The first-order chi connectivity index (χ1) is 14.2. The topological polar surface area (TPSA) is 64.0 Å². The van der Waals surface area contributed by atoms with Crippen molar-refractivity contribution in [1.29, 1.82) is 0 Å². The van der Waals surface area contributed by atoms with E-state index in [4.69, 9.17) is 0 Å². The highest BCUT2D eigenvalue weighted by Crippen LogP contribution is 2.21. The minimum Gasteiger partial charge on any atom is -0.324 e.